The number of rotatable bonds is 15. The molecule has 0 saturated carbocycles. The fourth-order valence-electron chi connectivity index (χ4n) is 4.54. The van der Waals surface area contributed by atoms with E-state index in [-0.39, 0.29) is 5.92 Å². The highest BCUT2D eigenvalue weighted by atomic mass is 31.2. The van der Waals surface area contributed by atoms with E-state index in [1.807, 2.05) is 60.7 Å². The zero-order chi connectivity index (χ0) is 21.7. The van der Waals surface area contributed by atoms with Crippen molar-refractivity contribution in [2.24, 2.45) is 5.92 Å². The summed E-state index contributed by atoms with van der Waals surface area (Å²) in [6.45, 7) is 4.43. The van der Waals surface area contributed by atoms with E-state index < -0.39 is 14.2 Å². The number of benzene rings is 2. The Kier molecular flexibility index (Phi) is 11.6. The van der Waals surface area contributed by atoms with Gasteiger partial charge in [-0.2, -0.15) is 0 Å². The van der Waals surface area contributed by atoms with Crippen LogP contribution in [0, 0.1) is 5.92 Å². The van der Waals surface area contributed by atoms with Gasteiger partial charge in [0.1, 0.15) is 5.60 Å². The third kappa shape index (κ3) is 7.17. The highest BCUT2D eigenvalue weighted by molar-refractivity contribution is 7.39. The van der Waals surface area contributed by atoms with Gasteiger partial charge in [0.15, 0.2) is 0 Å². The number of unbranched alkanes of at least 4 members (excludes halogenated alkanes) is 7. The molecular formula is C26H39O3P. The normalized spacial score (nSPS) is 13.0. The lowest BCUT2D eigenvalue weighted by Crippen LogP contribution is -2.38. The van der Waals surface area contributed by atoms with Gasteiger partial charge in [-0.15, -0.1) is 0 Å². The Morgan fingerprint density at radius 3 is 1.63 bits per heavy atom. The number of hydrogen-bond acceptors (Lipinski definition) is 3. The molecule has 0 radical (unpaired) electrons. The van der Waals surface area contributed by atoms with Gasteiger partial charge in [0, 0.05) is 0 Å². The van der Waals surface area contributed by atoms with E-state index in [2.05, 4.69) is 13.8 Å². The molecule has 0 aliphatic carbocycles. The quantitative estimate of drug-likeness (QED) is 0.225. The topological polar surface area (TPSA) is 49.7 Å². The Hall–Kier alpha value is -1.25. The first-order valence-corrected chi connectivity index (χ1v) is 12.8. The van der Waals surface area contributed by atoms with E-state index in [0.29, 0.717) is 0 Å². The summed E-state index contributed by atoms with van der Waals surface area (Å²) in [5.74, 6) is 0.159. The van der Waals surface area contributed by atoms with E-state index >= 15 is 0 Å². The van der Waals surface area contributed by atoms with Crippen LogP contribution >= 0.6 is 8.60 Å². The van der Waals surface area contributed by atoms with E-state index in [1.165, 1.54) is 44.9 Å². The summed E-state index contributed by atoms with van der Waals surface area (Å²) >= 11 is 0. The van der Waals surface area contributed by atoms with Crippen LogP contribution in [-0.2, 0) is 10.1 Å². The van der Waals surface area contributed by atoms with E-state index in [1.54, 1.807) is 0 Å². The van der Waals surface area contributed by atoms with Crippen molar-refractivity contribution in [1.82, 2.24) is 0 Å². The van der Waals surface area contributed by atoms with Crippen molar-refractivity contribution in [2.45, 2.75) is 83.7 Å². The average Bonchev–Trinajstić information content (AvgIpc) is 2.78. The third-order valence-electron chi connectivity index (χ3n) is 6.10. The number of hydrogen-bond donors (Lipinski definition) is 2. The van der Waals surface area contributed by atoms with Gasteiger partial charge in [-0.3, -0.25) is 4.52 Å². The van der Waals surface area contributed by atoms with Crippen LogP contribution in [0.3, 0.4) is 0 Å². The van der Waals surface area contributed by atoms with Gasteiger partial charge in [-0.25, -0.2) is 0 Å². The molecule has 0 aromatic heterocycles. The summed E-state index contributed by atoms with van der Waals surface area (Å²) in [6.07, 6.45) is 12.2. The van der Waals surface area contributed by atoms with Crippen LogP contribution < -0.4 is 0 Å². The predicted molar refractivity (Wildman–Crippen MR) is 127 cm³/mol. The van der Waals surface area contributed by atoms with Gasteiger partial charge in [-0.05, 0) is 29.9 Å². The second-order valence-corrected chi connectivity index (χ2v) is 8.87. The Morgan fingerprint density at radius 1 is 0.733 bits per heavy atom. The van der Waals surface area contributed by atoms with Crippen molar-refractivity contribution >= 4 is 8.60 Å². The largest absolute Gasteiger partial charge is 0.328 e. The predicted octanol–water partition coefficient (Wildman–Crippen LogP) is 7.72. The molecule has 2 N–H and O–H groups in total. The maximum atomic E-state index is 9.97. The lowest BCUT2D eigenvalue weighted by Gasteiger charge is -2.41. The molecular weight excluding hydrogens is 391 g/mol. The maximum absolute atomic E-state index is 9.97. The molecule has 4 heteroatoms. The second kappa shape index (κ2) is 13.9. The fraction of sp³-hybridized carbons (Fsp3) is 0.538. The summed E-state index contributed by atoms with van der Waals surface area (Å²) in [6, 6.07) is 20.1. The lowest BCUT2D eigenvalue weighted by atomic mass is 9.73. The van der Waals surface area contributed by atoms with Crippen LogP contribution in [0.5, 0.6) is 0 Å². The molecule has 2 rings (SSSR count). The molecule has 1 unspecified atom stereocenters. The molecule has 0 bridgehead atoms. The molecule has 3 nitrogen and oxygen atoms in total. The molecule has 1 atom stereocenters. The molecule has 0 heterocycles. The van der Waals surface area contributed by atoms with Gasteiger partial charge in [0.05, 0.1) is 0 Å². The van der Waals surface area contributed by atoms with Crippen LogP contribution in [-0.4, -0.2) is 9.79 Å². The molecule has 0 saturated heterocycles. The molecule has 0 amide bonds. The SMILES string of the molecule is CCCCCCCCCCC(CC)C(OP(O)O)(c1ccccc1)c1ccccc1. The first-order valence-electron chi connectivity index (χ1n) is 11.6. The van der Waals surface area contributed by atoms with Crippen molar-refractivity contribution in [1.29, 1.82) is 0 Å². The zero-order valence-corrected chi connectivity index (χ0v) is 19.6. The molecule has 166 valence electrons. The van der Waals surface area contributed by atoms with Crippen LogP contribution in [0.2, 0.25) is 0 Å². The third-order valence-corrected chi connectivity index (χ3v) is 6.56. The highest BCUT2D eigenvalue weighted by Gasteiger charge is 2.44. The Morgan fingerprint density at radius 2 is 1.20 bits per heavy atom. The Balaban J connectivity index is 2.19. The molecule has 0 spiro atoms. The maximum Gasteiger partial charge on any atom is 0.328 e. The minimum Gasteiger partial charge on any atom is -0.328 e. The molecule has 2 aromatic carbocycles. The van der Waals surface area contributed by atoms with Gasteiger partial charge in [-0.1, -0.05) is 126 Å². The molecule has 0 aliphatic heterocycles. The molecule has 0 aliphatic rings. The van der Waals surface area contributed by atoms with Crippen molar-refractivity contribution in [2.75, 3.05) is 0 Å². The van der Waals surface area contributed by atoms with Crippen molar-refractivity contribution < 1.29 is 14.3 Å². The van der Waals surface area contributed by atoms with Gasteiger partial charge >= 0.3 is 8.60 Å². The summed E-state index contributed by atoms with van der Waals surface area (Å²) in [4.78, 5) is 19.9. The Bertz CT molecular complexity index is 636. The first kappa shape index (κ1) is 25.0. The smallest absolute Gasteiger partial charge is 0.328 e. The zero-order valence-electron chi connectivity index (χ0n) is 18.7. The first-order chi connectivity index (χ1) is 14.6. The average molecular weight is 431 g/mol. The van der Waals surface area contributed by atoms with Gasteiger partial charge in [0.25, 0.3) is 0 Å². The summed E-state index contributed by atoms with van der Waals surface area (Å²) in [5.41, 5.74) is 1.12. The van der Waals surface area contributed by atoms with E-state index in [0.717, 1.165) is 30.4 Å². The van der Waals surface area contributed by atoms with Gasteiger partial charge < -0.3 is 9.79 Å². The standard InChI is InChI=1S/C26H39O3P/c1-3-5-6-7-8-9-10-13-18-23(4-2)26(29-30(27)28,24-19-14-11-15-20-24)25-21-16-12-17-22-25/h11-12,14-17,19-23,27-28H,3-10,13,18H2,1-2H3. The van der Waals surface area contributed by atoms with Crippen LogP contribution in [0.4, 0.5) is 0 Å². The monoisotopic (exact) mass is 430 g/mol. The lowest BCUT2D eigenvalue weighted by molar-refractivity contribution is 0.0237. The molecule has 2 aromatic rings. The van der Waals surface area contributed by atoms with Crippen LogP contribution in [0.1, 0.15) is 89.2 Å². The molecule has 30 heavy (non-hydrogen) atoms. The van der Waals surface area contributed by atoms with Crippen LogP contribution in [0.15, 0.2) is 60.7 Å². The van der Waals surface area contributed by atoms with Crippen molar-refractivity contribution in [3.8, 4) is 0 Å². The summed E-state index contributed by atoms with van der Waals surface area (Å²) in [5, 5.41) is 0. The van der Waals surface area contributed by atoms with E-state index in [4.69, 9.17) is 4.52 Å². The highest BCUT2D eigenvalue weighted by Crippen LogP contribution is 2.50. The minimum absolute atomic E-state index is 0.159. The van der Waals surface area contributed by atoms with Gasteiger partial charge in [0.2, 0.25) is 0 Å². The van der Waals surface area contributed by atoms with E-state index in [9.17, 15) is 9.79 Å². The molecule has 0 fully saturated rings. The van der Waals surface area contributed by atoms with Crippen molar-refractivity contribution in [3.05, 3.63) is 71.8 Å². The van der Waals surface area contributed by atoms with Crippen molar-refractivity contribution in [3.63, 3.8) is 0 Å². The summed E-state index contributed by atoms with van der Waals surface area (Å²) < 4.78 is 6.06. The Labute approximate surface area is 184 Å². The van der Waals surface area contributed by atoms with Crippen LogP contribution in [0.25, 0.3) is 0 Å². The second-order valence-electron chi connectivity index (χ2n) is 8.18. The minimum atomic E-state index is -2.50. The fourth-order valence-corrected chi connectivity index (χ4v) is 5.16. The summed E-state index contributed by atoms with van der Waals surface area (Å²) in [7, 11) is -2.50.